The van der Waals surface area contributed by atoms with Crippen LogP contribution in [0.5, 0.6) is 0 Å². The number of alkyl halides is 1. The Balaban J connectivity index is 3.17. The zero-order valence-electron chi connectivity index (χ0n) is 6.68. The van der Waals surface area contributed by atoms with Gasteiger partial charge in [-0.1, -0.05) is 0 Å². The van der Waals surface area contributed by atoms with Gasteiger partial charge in [0.25, 0.3) is 0 Å². The van der Waals surface area contributed by atoms with E-state index in [2.05, 4.69) is 4.74 Å². The maximum atomic E-state index is 12.2. The van der Waals surface area contributed by atoms with Crippen LogP contribution < -0.4 is 5.73 Å². The Kier molecular flexibility index (Phi) is 5.74. The summed E-state index contributed by atoms with van der Waals surface area (Å²) in [7, 11) is 0. The van der Waals surface area contributed by atoms with Crippen LogP contribution in [-0.4, -0.2) is 18.9 Å². The van der Waals surface area contributed by atoms with E-state index in [9.17, 15) is 9.18 Å². The van der Waals surface area contributed by atoms with Gasteiger partial charge in [0, 0.05) is 6.42 Å². The molecule has 66 valence electrons. The molecular weight excluding hydrogens is 149 g/mol. The van der Waals surface area contributed by atoms with E-state index in [1.54, 1.807) is 0 Å². The summed E-state index contributed by atoms with van der Waals surface area (Å²) >= 11 is 0. The fourth-order valence-electron chi connectivity index (χ4n) is 0.693. The van der Waals surface area contributed by atoms with Crippen molar-refractivity contribution < 1.29 is 13.9 Å². The predicted octanol–water partition coefficient (Wildman–Crippen LogP) is 0.974. The minimum absolute atomic E-state index is 0.0932. The Morgan fingerprint density at radius 1 is 1.73 bits per heavy atom. The van der Waals surface area contributed by atoms with Gasteiger partial charge in [0.15, 0.2) is 0 Å². The summed E-state index contributed by atoms with van der Waals surface area (Å²) in [4.78, 5) is 10.6. The number of carbonyl (C=O) groups excluding carboxylic acids is 1. The summed E-state index contributed by atoms with van der Waals surface area (Å²) < 4.78 is 16.6. The van der Waals surface area contributed by atoms with Gasteiger partial charge in [-0.15, -0.1) is 0 Å². The smallest absolute Gasteiger partial charge is 0.307 e. The molecule has 0 aliphatic rings. The van der Waals surface area contributed by atoms with E-state index in [-0.39, 0.29) is 19.1 Å². The lowest BCUT2D eigenvalue weighted by Crippen LogP contribution is -2.11. The first-order valence-electron chi connectivity index (χ1n) is 3.66. The van der Waals surface area contributed by atoms with E-state index in [1.807, 2.05) is 0 Å². The molecule has 0 heterocycles. The molecule has 0 fully saturated rings. The lowest BCUT2D eigenvalue weighted by molar-refractivity contribution is -0.143. The predicted molar refractivity (Wildman–Crippen MR) is 39.6 cm³/mol. The summed E-state index contributed by atoms with van der Waals surface area (Å²) in [6.45, 7) is 1.37. The highest BCUT2D eigenvalue weighted by Crippen LogP contribution is 2.03. The van der Waals surface area contributed by atoms with Crippen LogP contribution in [0.25, 0.3) is 0 Å². The lowest BCUT2D eigenvalue weighted by atomic mass is 10.2. The first-order chi connectivity index (χ1) is 5.16. The van der Waals surface area contributed by atoms with E-state index in [0.29, 0.717) is 12.8 Å². The molecule has 0 rings (SSSR count). The molecule has 0 aromatic heterocycles. The molecule has 0 aromatic rings. The van der Waals surface area contributed by atoms with Crippen LogP contribution in [0.4, 0.5) is 4.39 Å². The number of esters is 1. The zero-order valence-corrected chi connectivity index (χ0v) is 6.68. The Bertz CT molecular complexity index is 117. The molecule has 3 nitrogen and oxygen atoms in total. The summed E-state index contributed by atoms with van der Waals surface area (Å²) in [5.74, 6) is -0.354. The molecular formula is C7H14FNO2. The lowest BCUT2D eigenvalue weighted by Gasteiger charge is -2.01. The zero-order chi connectivity index (χ0) is 8.69. The Hall–Kier alpha value is -0.640. The monoisotopic (exact) mass is 163 g/mol. The molecule has 0 radical (unpaired) electrons. The molecule has 4 heteroatoms. The van der Waals surface area contributed by atoms with Gasteiger partial charge in [0.05, 0.1) is 6.17 Å². The van der Waals surface area contributed by atoms with Gasteiger partial charge in [-0.3, -0.25) is 10.5 Å². The van der Waals surface area contributed by atoms with Crippen LogP contribution >= 0.6 is 0 Å². The standard InChI is InChI=1S/C7H14FNO2/c1-6(8)3-2-4-7(10)11-5-9/h6H,2-5,9H2,1H3. The van der Waals surface area contributed by atoms with Gasteiger partial charge in [0.2, 0.25) is 0 Å². The van der Waals surface area contributed by atoms with Gasteiger partial charge in [-0.25, -0.2) is 4.39 Å². The van der Waals surface area contributed by atoms with Crippen molar-refractivity contribution in [3.63, 3.8) is 0 Å². The minimum Gasteiger partial charge on any atom is -0.450 e. The quantitative estimate of drug-likeness (QED) is 0.485. The van der Waals surface area contributed by atoms with Gasteiger partial charge in [-0.2, -0.15) is 0 Å². The Morgan fingerprint density at radius 2 is 2.36 bits per heavy atom. The number of ether oxygens (including phenoxy) is 1. The normalized spacial score (nSPS) is 12.6. The molecule has 11 heavy (non-hydrogen) atoms. The number of hydrogen-bond donors (Lipinski definition) is 1. The van der Waals surface area contributed by atoms with Crippen LogP contribution in [0.2, 0.25) is 0 Å². The van der Waals surface area contributed by atoms with Crippen LogP contribution in [0.15, 0.2) is 0 Å². The molecule has 0 aliphatic heterocycles. The maximum Gasteiger partial charge on any atom is 0.307 e. The minimum atomic E-state index is -0.847. The van der Waals surface area contributed by atoms with Crippen molar-refractivity contribution in [1.82, 2.24) is 0 Å². The SMILES string of the molecule is CC(F)CCCC(=O)OCN. The highest BCUT2D eigenvalue weighted by atomic mass is 19.1. The molecule has 1 unspecified atom stereocenters. The molecule has 0 saturated carbocycles. The second-order valence-electron chi connectivity index (χ2n) is 2.36. The van der Waals surface area contributed by atoms with Crippen molar-refractivity contribution in [3.05, 3.63) is 0 Å². The van der Waals surface area contributed by atoms with Crippen molar-refractivity contribution in [3.8, 4) is 0 Å². The topological polar surface area (TPSA) is 52.3 Å². The first-order valence-corrected chi connectivity index (χ1v) is 3.66. The molecule has 1 atom stereocenters. The number of halogens is 1. The maximum absolute atomic E-state index is 12.2. The number of carbonyl (C=O) groups is 1. The first kappa shape index (κ1) is 10.4. The second kappa shape index (κ2) is 6.09. The molecule has 0 spiro atoms. The van der Waals surface area contributed by atoms with Gasteiger partial charge in [0.1, 0.15) is 6.73 Å². The second-order valence-corrected chi connectivity index (χ2v) is 2.36. The number of nitrogens with two attached hydrogens (primary N) is 1. The highest BCUT2D eigenvalue weighted by molar-refractivity contribution is 5.69. The van der Waals surface area contributed by atoms with E-state index < -0.39 is 6.17 Å². The third-order valence-electron chi connectivity index (χ3n) is 1.23. The average molecular weight is 163 g/mol. The summed E-state index contributed by atoms with van der Waals surface area (Å²) in [6, 6.07) is 0. The number of rotatable bonds is 5. The van der Waals surface area contributed by atoms with Crippen molar-refractivity contribution in [1.29, 1.82) is 0 Å². The molecule has 0 saturated heterocycles. The molecule has 2 N–H and O–H groups in total. The van der Waals surface area contributed by atoms with E-state index in [4.69, 9.17) is 5.73 Å². The average Bonchev–Trinajstić information content (AvgIpc) is 1.87. The van der Waals surface area contributed by atoms with E-state index >= 15 is 0 Å². The van der Waals surface area contributed by atoms with Gasteiger partial charge in [-0.05, 0) is 19.8 Å². The van der Waals surface area contributed by atoms with Crippen molar-refractivity contribution in [2.24, 2.45) is 5.73 Å². The highest BCUT2D eigenvalue weighted by Gasteiger charge is 2.03. The van der Waals surface area contributed by atoms with Crippen LogP contribution in [0.1, 0.15) is 26.2 Å². The van der Waals surface area contributed by atoms with Crippen LogP contribution in [0, 0.1) is 0 Å². The van der Waals surface area contributed by atoms with E-state index in [1.165, 1.54) is 6.92 Å². The van der Waals surface area contributed by atoms with Gasteiger partial charge < -0.3 is 4.74 Å². The third kappa shape index (κ3) is 7.25. The fourth-order valence-corrected chi connectivity index (χ4v) is 0.693. The third-order valence-corrected chi connectivity index (χ3v) is 1.23. The van der Waals surface area contributed by atoms with Crippen LogP contribution in [0.3, 0.4) is 0 Å². The summed E-state index contributed by atoms with van der Waals surface area (Å²) in [5, 5.41) is 0. The summed E-state index contributed by atoms with van der Waals surface area (Å²) in [5.41, 5.74) is 4.94. The summed E-state index contributed by atoms with van der Waals surface area (Å²) in [6.07, 6.45) is 0.336. The van der Waals surface area contributed by atoms with E-state index in [0.717, 1.165) is 0 Å². The van der Waals surface area contributed by atoms with Crippen LogP contribution in [-0.2, 0) is 9.53 Å². The number of hydrogen-bond acceptors (Lipinski definition) is 3. The van der Waals surface area contributed by atoms with Crippen molar-refractivity contribution in [2.75, 3.05) is 6.73 Å². The van der Waals surface area contributed by atoms with Gasteiger partial charge >= 0.3 is 5.97 Å². The largest absolute Gasteiger partial charge is 0.450 e. The molecule has 0 aromatic carbocycles. The fraction of sp³-hybridized carbons (Fsp3) is 0.857. The Labute approximate surface area is 65.7 Å². The van der Waals surface area contributed by atoms with Crippen molar-refractivity contribution >= 4 is 5.97 Å². The van der Waals surface area contributed by atoms with Crippen molar-refractivity contribution in [2.45, 2.75) is 32.4 Å². The molecule has 0 amide bonds. The molecule has 0 aliphatic carbocycles. The molecule has 0 bridgehead atoms. The Morgan fingerprint density at radius 3 is 2.82 bits per heavy atom.